The van der Waals surface area contributed by atoms with Gasteiger partial charge in [-0.25, -0.2) is 15.0 Å². The maximum atomic E-state index is 12.7. The molecule has 1 atom stereocenters. The summed E-state index contributed by atoms with van der Waals surface area (Å²) >= 11 is 0. The van der Waals surface area contributed by atoms with Crippen LogP contribution >= 0.6 is 0 Å². The quantitative estimate of drug-likeness (QED) is 0.516. The number of nitrogens with zero attached hydrogens (tertiary/aromatic N) is 6. The molecule has 1 unspecified atom stereocenters. The molecular formula is C17H16N8O2. The molecule has 10 heteroatoms. The molecule has 0 aliphatic carbocycles. The molecule has 3 heterocycles. The van der Waals surface area contributed by atoms with Gasteiger partial charge in [0.1, 0.15) is 24.5 Å². The van der Waals surface area contributed by atoms with Crippen LogP contribution in [0.15, 0.2) is 60.3 Å². The Hall–Kier alpha value is -3.82. The van der Waals surface area contributed by atoms with Gasteiger partial charge in [-0.15, -0.1) is 0 Å². The lowest BCUT2D eigenvalue weighted by Crippen LogP contribution is -2.34. The zero-order chi connectivity index (χ0) is 18.6. The number of benzene rings is 1. The number of nitrogens with one attached hydrogen (secondary N) is 2. The van der Waals surface area contributed by atoms with Crippen molar-refractivity contribution in [2.45, 2.75) is 19.0 Å². The first-order valence-corrected chi connectivity index (χ1v) is 8.32. The van der Waals surface area contributed by atoms with Crippen LogP contribution in [0.5, 0.6) is 0 Å². The first kappa shape index (κ1) is 16.6. The fraction of sp³-hybridized carbons (Fsp3) is 0.176. The number of carbonyl (C=O) groups excluding carboxylic acids is 1. The van der Waals surface area contributed by atoms with Gasteiger partial charge >= 0.3 is 0 Å². The van der Waals surface area contributed by atoms with Crippen LogP contribution in [-0.4, -0.2) is 40.3 Å². The minimum absolute atomic E-state index is 0.0570. The monoisotopic (exact) mass is 364 g/mol. The van der Waals surface area contributed by atoms with Gasteiger partial charge in [-0.1, -0.05) is 30.3 Å². The average Bonchev–Trinajstić information content (AvgIpc) is 3.38. The SMILES string of the molecule is O=C(NC(CCn1cncn1)c1ccccc1)c1cnc2nc[nH]n2c1=O. The third-order valence-electron chi connectivity index (χ3n) is 4.17. The second-order valence-electron chi connectivity index (χ2n) is 5.88. The summed E-state index contributed by atoms with van der Waals surface area (Å²) in [5, 5.41) is 9.65. The predicted octanol–water partition coefficient (Wildman–Crippen LogP) is 0.570. The molecule has 4 aromatic rings. The minimum atomic E-state index is -0.502. The molecule has 136 valence electrons. The van der Waals surface area contributed by atoms with Gasteiger partial charge in [-0.2, -0.15) is 9.61 Å². The predicted molar refractivity (Wildman–Crippen MR) is 94.9 cm³/mol. The average molecular weight is 364 g/mol. The van der Waals surface area contributed by atoms with Crippen molar-refractivity contribution in [2.75, 3.05) is 0 Å². The smallest absolute Gasteiger partial charge is 0.286 e. The molecule has 1 aromatic carbocycles. The Morgan fingerprint density at radius 1 is 1.22 bits per heavy atom. The van der Waals surface area contributed by atoms with Crippen molar-refractivity contribution >= 4 is 11.7 Å². The van der Waals surface area contributed by atoms with Crippen LogP contribution in [0.4, 0.5) is 0 Å². The Kier molecular flexibility index (Phi) is 4.44. The molecule has 0 aliphatic heterocycles. The molecule has 10 nitrogen and oxygen atoms in total. The van der Waals surface area contributed by atoms with E-state index in [4.69, 9.17) is 0 Å². The van der Waals surface area contributed by atoms with Crippen LogP contribution in [0.25, 0.3) is 5.78 Å². The number of hydrogen-bond donors (Lipinski definition) is 2. The molecule has 4 rings (SSSR count). The van der Waals surface area contributed by atoms with E-state index in [0.29, 0.717) is 13.0 Å². The van der Waals surface area contributed by atoms with Crippen molar-refractivity contribution in [3.05, 3.63) is 77.0 Å². The van der Waals surface area contributed by atoms with E-state index in [9.17, 15) is 9.59 Å². The molecule has 0 fully saturated rings. The van der Waals surface area contributed by atoms with Gasteiger partial charge in [-0.05, 0) is 12.0 Å². The maximum absolute atomic E-state index is 12.7. The van der Waals surface area contributed by atoms with E-state index in [1.165, 1.54) is 18.9 Å². The number of amides is 1. The van der Waals surface area contributed by atoms with Gasteiger partial charge in [0.2, 0.25) is 0 Å². The third-order valence-corrected chi connectivity index (χ3v) is 4.17. The first-order chi connectivity index (χ1) is 13.2. The van der Waals surface area contributed by atoms with Crippen molar-refractivity contribution in [3.63, 3.8) is 0 Å². The highest BCUT2D eigenvalue weighted by molar-refractivity contribution is 5.93. The van der Waals surface area contributed by atoms with E-state index in [2.05, 4.69) is 30.5 Å². The zero-order valence-corrected chi connectivity index (χ0v) is 14.2. The Balaban J connectivity index is 1.58. The molecule has 2 N–H and O–H groups in total. The number of rotatable bonds is 6. The van der Waals surface area contributed by atoms with Gasteiger partial charge in [0.25, 0.3) is 17.2 Å². The summed E-state index contributed by atoms with van der Waals surface area (Å²) in [6.45, 7) is 0.566. The van der Waals surface area contributed by atoms with E-state index >= 15 is 0 Å². The second-order valence-corrected chi connectivity index (χ2v) is 5.88. The van der Waals surface area contributed by atoms with Crippen molar-refractivity contribution in [1.82, 2.24) is 39.7 Å². The van der Waals surface area contributed by atoms with Crippen LogP contribution in [0, 0.1) is 0 Å². The van der Waals surface area contributed by atoms with Crippen LogP contribution in [0.1, 0.15) is 28.4 Å². The van der Waals surface area contributed by atoms with Crippen LogP contribution in [-0.2, 0) is 6.54 Å². The van der Waals surface area contributed by atoms with Crippen molar-refractivity contribution in [3.8, 4) is 0 Å². The van der Waals surface area contributed by atoms with E-state index < -0.39 is 11.5 Å². The second kappa shape index (κ2) is 7.20. The fourth-order valence-electron chi connectivity index (χ4n) is 2.81. The molecule has 0 radical (unpaired) electrons. The van der Waals surface area contributed by atoms with Gasteiger partial charge in [0.15, 0.2) is 0 Å². The summed E-state index contributed by atoms with van der Waals surface area (Å²) < 4.78 is 2.82. The molecule has 0 bridgehead atoms. The lowest BCUT2D eigenvalue weighted by atomic mass is 10.0. The Labute approximate surface area is 152 Å². The standard InChI is InChI=1S/C17H16N8O2/c26-15(13-8-19-17-20-10-22-25(17)16(13)27)23-14(12-4-2-1-3-5-12)6-7-24-11-18-9-21-24/h1-5,8-11,14H,6-7H2,(H,23,26)(H,19,20,22). The minimum Gasteiger partial charge on any atom is -0.345 e. The highest BCUT2D eigenvalue weighted by atomic mass is 16.2. The first-order valence-electron chi connectivity index (χ1n) is 8.32. The molecule has 1 amide bonds. The van der Waals surface area contributed by atoms with Gasteiger partial charge in [0.05, 0.1) is 6.04 Å². The summed E-state index contributed by atoms with van der Waals surface area (Å²) in [5.41, 5.74) is 0.373. The summed E-state index contributed by atoms with van der Waals surface area (Å²) in [6, 6.07) is 9.26. The molecule has 0 saturated heterocycles. The lowest BCUT2D eigenvalue weighted by Gasteiger charge is -2.19. The Morgan fingerprint density at radius 2 is 2.07 bits per heavy atom. The highest BCUT2D eigenvalue weighted by Gasteiger charge is 2.19. The van der Waals surface area contributed by atoms with E-state index in [0.717, 1.165) is 10.1 Å². The maximum Gasteiger partial charge on any atom is 0.286 e. The number of aromatic amines is 1. The van der Waals surface area contributed by atoms with E-state index in [1.807, 2.05) is 30.3 Å². The number of aromatic nitrogens is 7. The largest absolute Gasteiger partial charge is 0.345 e. The molecule has 0 saturated carbocycles. The van der Waals surface area contributed by atoms with Crippen molar-refractivity contribution in [1.29, 1.82) is 0 Å². The highest BCUT2D eigenvalue weighted by Crippen LogP contribution is 2.17. The zero-order valence-electron chi connectivity index (χ0n) is 14.2. The Bertz CT molecular complexity index is 1100. The molecular weight excluding hydrogens is 348 g/mol. The van der Waals surface area contributed by atoms with Crippen LogP contribution in [0.3, 0.4) is 0 Å². The number of aryl methyl sites for hydroxylation is 1. The molecule has 3 aromatic heterocycles. The normalized spacial score (nSPS) is 12.1. The van der Waals surface area contributed by atoms with Crippen molar-refractivity contribution < 1.29 is 4.79 Å². The number of fused-ring (bicyclic) bond motifs is 1. The molecule has 0 aliphatic rings. The van der Waals surface area contributed by atoms with E-state index in [1.54, 1.807) is 11.0 Å². The number of H-pyrrole nitrogens is 1. The van der Waals surface area contributed by atoms with Crippen LogP contribution in [0.2, 0.25) is 0 Å². The summed E-state index contributed by atoms with van der Waals surface area (Å²) in [5.74, 6) is -0.286. The summed E-state index contributed by atoms with van der Waals surface area (Å²) in [7, 11) is 0. The van der Waals surface area contributed by atoms with Gasteiger partial charge < -0.3 is 5.32 Å². The summed E-state index contributed by atoms with van der Waals surface area (Å²) in [6.07, 6.45) is 6.25. The fourth-order valence-corrected chi connectivity index (χ4v) is 2.81. The van der Waals surface area contributed by atoms with Gasteiger partial charge in [-0.3, -0.25) is 19.4 Å². The Morgan fingerprint density at radius 3 is 2.85 bits per heavy atom. The van der Waals surface area contributed by atoms with E-state index in [-0.39, 0.29) is 17.4 Å². The lowest BCUT2D eigenvalue weighted by molar-refractivity contribution is 0.0931. The number of hydrogen-bond acceptors (Lipinski definition) is 6. The topological polar surface area (TPSA) is 123 Å². The summed E-state index contributed by atoms with van der Waals surface area (Å²) in [4.78, 5) is 37.0. The third kappa shape index (κ3) is 3.45. The molecule has 27 heavy (non-hydrogen) atoms. The molecule has 0 spiro atoms. The van der Waals surface area contributed by atoms with Crippen molar-refractivity contribution in [2.24, 2.45) is 0 Å². The number of carbonyl (C=O) groups is 1. The van der Waals surface area contributed by atoms with Gasteiger partial charge in [0, 0.05) is 12.7 Å². The van der Waals surface area contributed by atoms with Crippen LogP contribution < -0.4 is 10.9 Å².